The summed E-state index contributed by atoms with van der Waals surface area (Å²) in [5.74, 6) is 2.52. The van der Waals surface area contributed by atoms with E-state index in [-0.39, 0.29) is 0 Å². The van der Waals surface area contributed by atoms with Crippen LogP contribution in [0.5, 0.6) is 17.2 Å². The lowest BCUT2D eigenvalue weighted by Crippen LogP contribution is -2.07. The predicted molar refractivity (Wildman–Crippen MR) is 128 cm³/mol. The van der Waals surface area contributed by atoms with Crippen LogP contribution in [0.3, 0.4) is 0 Å². The maximum atomic E-state index is 6.04. The Morgan fingerprint density at radius 3 is 1.88 bits per heavy atom. The van der Waals surface area contributed by atoms with Crippen LogP contribution in [0, 0.1) is 0 Å². The van der Waals surface area contributed by atoms with Gasteiger partial charge in [-0.2, -0.15) is 0 Å². The van der Waals surface area contributed by atoms with Gasteiger partial charge >= 0.3 is 0 Å². The molecule has 32 heavy (non-hydrogen) atoms. The summed E-state index contributed by atoms with van der Waals surface area (Å²) in [6.07, 6.45) is 2.18. The summed E-state index contributed by atoms with van der Waals surface area (Å²) < 4.78 is 17.9. The van der Waals surface area contributed by atoms with Gasteiger partial charge in [-0.25, -0.2) is 0 Å². The fourth-order valence-electron chi connectivity index (χ4n) is 3.65. The Kier molecular flexibility index (Phi) is 5.89. The second-order valence-corrected chi connectivity index (χ2v) is 7.73. The number of rotatable bonds is 7. The highest BCUT2D eigenvalue weighted by Gasteiger charge is 2.14. The van der Waals surface area contributed by atoms with Crippen molar-refractivity contribution in [3.8, 4) is 17.2 Å². The first-order valence-corrected chi connectivity index (χ1v) is 10.7. The minimum absolute atomic E-state index is 0.527. The zero-order chi connectivity index (χ0) is 21.6. The Morgan fingerprint density at radius 2 is 1.22 bits per heavy atom. The molecule has 0 amide bonds. The molecular weight excluding hydrogens is 396 g/mol. The molecule has 0 saturated carbocycles. The highest BCUT2D eigenvalue weighted by atomic mass is 16.5. The lowest BCUT2D eigenvalue weighted by molar-refractivity contribution is 0.301. The van der Waals surface area contributed by atoms with E-state index in [9.17, 15) is 0 Å². The van der Waals surface area contributed by atoms with E-state index in [1.165, 1.54) is 0 Å². The number of benzene rings is 4. The van der Waals surface area contributed by atoms with E-state index >= 15 is 0 Å². The SMILES string of the molecule is C1=C(c2ccc(OCc3ccccc3)cc2)COc2cc(OCc3ccccc3)ccc21. The first-order chi connectivity index (χ1) is 15.8. The van der Waals surface area contributed by atoms with Gasteiger partial charge in [0.1, 0.15) is 37.1 Å². The van der Waals surface area contributed by atoms with Crippen LogP contribution in [0.4, 0.5) is 0 Å². The van der Waals surface area contributed by atoms with Crippen LogP contribution in [0.2, 0.25) is 0 Å². The number of hydrogen-bond donors (Lipinski definition) is 0. The monoisotopic (exact) mass is 420 g/mol. The molecule has 1 heterocycles. The van der Waals surface area contributed by atoms with Gasteiger partial charge in [-0.3, -0.25) is 0 Å². The highest BCUT2D eigenvalue weighted by Crippen LogP contribution is 2.34. The third-order valence-electron chi connectivity index (χ3n) is 5.42. The average Bonchev–Trinajstić information content (AvgIpc) is 2.87. The summed E-state index contributed by atoms with van der Waals surface area (Å²) in [5.41, 5.74) is 5.63. The summed E-state index contributed by atoms with van der Waals surface area (Å²) >= 11 is 0. The molecule has 1 aliphatic heterocycles. The van der Waals surface area contributed by atoms with Crippen LogP contribution < -0.4 is 14.2 Å². The number of fused-ring (bicyclic) bond motifs is 1. The molecule has 0 atom stereocenters. The van der Waals surface area contributed by atoms with Gasteiger partial charge in [0.2, 0.25) is 0 Å². The molecule has 0 aliphatic carbocycles. The van der Waals surface area contributed by atoms with Crippen molar-refractivity contribution >= 4 is 11.6 Å². The normalized spacial score (nSPS) is 12.3. The van der Waals surface area contributed by atoms with E-state index in [2.05, 4.69) is 42.5 Å². The lowest BCUT2D eigenvalue weighted by Gasteiger charge is -2.19. The molecule has 0 saturated heterocycles. The fourth-order valence-corrected chi connectivity index (χ4v) is 3.65. The molecule has 3 heteroatoms. The predicted octanol–water partition coefficient (Wildman–Crippen LogP) is 6.78. The molecule has 0 radical (unpaired) electrons. The van der Waals surface area contributed by atoms with E-state index in [1.807, 2.05) is 66.7 Å². The molecular formula is C29H24O3. The molecule has 0 fully saturated rings. The van der Waals surface area contributed by atoms with Gasteiger partial charge in [0, 0.05) is 11.6 Å². The zero-order valence-corrected chi connectivity index (χ0v) is 17.7. The van der Waals surface area contributed by atoms with Crippen molar-refractivity contribution in [3.05, 3.63) is 125 Å². The lowest BCUT2D eigenvalue weighted by atomic mass is 10.0. The molecule has 0 spiro atoms. The molecule has 4 aromatic rings. The van der Waals surface area contributed by atoms with Crippen molar-refractivity contribution in [1.29, 1.82) is 0 Å². The maximum Gasteiger partial charge on any atom is 0.130 e. The van der Waals surface area contributed by atoms with Crippen molar-refractivity contribution in [2.45, 2.75) is 13.2 Å². The van der Waals surface area contributed by atoms with E-state index in [4.69, 9.17) is 14.2 Å². The van der Waals surface area contributed by atoms with Crippen LogP contribution in [0.1, 0.15) is 22.3 Å². The summed E-state index contributed by atoms with van der Waals surface area (Å²) in [5, 5.41) is 0. The Hall–Kier alpha value is -3.98. The average molecular weight is 421 g/mol. The summed E-state index contributed by atoms with van der Waals surface area (Å²) in [6, 6.07) is 34.5. The van der Waals surface area contributed by atoms with Gasteiger partial charge in [0.15, 0.2) is 0 Å². The third-order valence-corrected chi connectivity index (χ3v) is 5.42. The standard InChI is InChI=1S/C29H24O3/c1-3-7-22(8-4-1)19-30-27-14-11-24(12-15-27)26-17-25-13-16-28(18-29(25)32-21-26)31-20-23-9-5-2-6-10-23/h1-18H,19-21H2. The molecule has 0 aromatic heterocycles. The topological polar surface area (TPSA) is 27.7 Å². The van der Waals surface area contributed by atoms with Crippen molar-refractivity contribution in [2.75, 3.05) is 6.61 Å². The van der Waals surface area contributed by atoms with Gasteiger partial charge < -0.3 is 14.2 Å². The minimum Gasteiger partial charge on any atom is -0.489 e. The van der Waals surface area contributed by atoms with Crippen LogP contribution >= 0.6 is 0 Å². The van der Waals surface area contributed by atoms with Gasteiger partial charge in [0.05, 0.1) is 0 Å². The van der Waals surface area contributed by atoms with Gasteiger partial charge in [0.25, 0.3) is 0 Å². The Balaban J connectivity index is 1.23. The summed E-state index contributed by atoms with van der Waals surface area (Å²) in [6.45, 7) is 1.63. The van der Waals surface area contributed by atoms with E-state index < -0.39 is 0 Å². The summed E-state index contributed by atoms with van der Waals surface area (Å²) in [4.78, 5) is 0. The van der Waals surface area contributed by atoms with Gasteiger partial charge in [-0.05, 0) is 52.6 Å². The van der Waals surface area contributed by atoms with Crippen molar-refractivity contribution in [1.82, 2.24) is 0 Å². The highest BCUT2D eigenvalue weighted by molar-refractivity contribution is 5.85. The third kappa shape index (κ3) is 4.84. The van der Waals surface area contributed by atoms with Crippen LogP contribution in [0.25, 0.3) is 11.6 Å². The second kappa shape index (κ2) is 9.44. The van der Waals surface area contributed by atoms with E-state index in [0.29, 0.717) is 19.8 Å². The first-order valence-electron chi connectivity index (χ1n) is 10.7. The molecule has 0 unspecified atom stereocenters. The zero-order valence-electron chi connectivity index (χ0n) is 17.7. The van der Waals surface area contributed by atoms with Crippen LogP contribution in [-0.4, -0.2) is 6.61 Å². The Bertz CT molecular complexity index is 1200. The summed E-state index contributed by atoms with van der Waals surface area (Å²) in [7, 11) is 0. The molecule has 3 nitrogen and oxygen atoms in total. The van der Waals surface area contributed by atoms with Crippen molar-refractivity contribution in [2.24, 2.45) is 0 Å². The fraction of sp³-hybridized carbons (Fsp3) is 0.103. The molecule has 5 rings (SSSR count). The minimum atomic E-state index is 0.527. The molecule has 0 N–H and O–H groups in total. The van der Waals surface area contributed by atoms with Crippen molar-refractivity contribution < 1.29 is 14.2 Å². The van der Waals surface area contributed by atoms with E-state index in [0.717, 1.165) is 45.1 Å². The second-order valence-electron chi connectivity index (χ2n) is 7.73. The van der Waals surface area contributed by atoms with Crippen LogP contribution in [-0.2, 0) is 13.2 Å². The quantitative estimate of drug-likeness (QED) is 0.330. The van der Waals surface area contributed by atoms with Gasteiger partial charge in [-0.15, -0.1) is 0 Å². The Labute approximate surface area is 188 Å². The van der Waals surface area contributed by atoms with Gasteiger partial charge in [-0.1, -0.05) is 72.8 Å². The molecule has 158 valence electrons. The molecule has 4 aromatic carbocycles. The molecule has 0 bridgehead atoms. The maximum absolute atomic E-state index is 6.04. The Morgan fingerprint density at radius 1 is 0.625 bits per heavy atom. The largest absolute Gasteiger partial charge is 0.489 e. The van der Waals surface area contributed by atoms with Crippen LogP contribution in [0.15, 0.2) is 103 Å². The first kappa shape index (κ1) is 20.0. The molecule has 1 aliphatic rings. The number of ether oxygens (including phenoxy) is 3. The smallest absolute Gasteiger partial charge is 0.130 e. The van der Waals surface area contributed by atoms with Crippen molar-refractivity contribution in [3.63, 3.8) is 0 Å². The number of hydrogen-bond acceptors (Lipinski definition) is 3. The van der Waals surface area contributed by atoms with E-state index in [1.54, 1.807) is 0 Å².